The van der Waals surface area contributed by atoms with E-state index in [1.54, 1.807) is 41.3 Å². The average Bonchev–Trinajstić information content (AvgIpc) is 3.62. The summed E-state index contributed by atoms with van der Waals surface area (Å²) in [6.07, 6.45) is 3.34. The Morgan fingerprint density at radius 1 is 0.846 bits per heavy atom. The Morgan fingerprint density at radius 3 is 2.15 bits per heavy atom. The lowest BCUT2D eigenvalue weighted by Gasteiger charge is -2.24. The zero-order valence-electron chi connectivity index (χ0n) is 21.0. The van der Waals surface area contributed by atoms with Crippen LogP contribution in [0.15, 0.2) is 71.7 Å². The Labute approximate surface area is 229 Å². The van der Waals surface area contributed by atoms with E-state index in [1.807, 2.05) is 0 Å². The standard InChI is InChI=1S/C28H27ClFN5O4/c29-18-6-8-19(9-7-18)31-26(37)21-16-34(28(39)33-12-3-4-13-33)17-22(21)27(38)32-24-11-10-20(15-23(24)30)35-14-2-1-5-25(35)36/h1-2,5-11,14-15,21-22H,3-4,12-13,16-17H2,(H,31,37)(H,32,38)/t21-,22-/m0/s1. The van der Waals surface area contributed by atoms with Gasteiger partial charge in [-0.2, -0.15) is 0 Å². The van der Waals surface area contributed by atoms with Crippen molar-refractivity contribution < 1.29 is 18.8 Å². The molecule has 1 aromatic heterocycles. The summed E-state index contributed by atoms with van der Waals surface area (Å²) in [7, 11) is 0. The van der Waals surface area contributed by atoms with Gasteiger partial charge in [-0.1, -0.05) is 17.7 Å². The van der Waals surface area contributed by atoms with Crippen LogP contribution in [0.2, 0.25) is 5.02 Å². The smallest absolute Gasteiger partial charge is 0.320 e. The third-order valence-corrected chi connectivity index (χ3v) is 7.32. The number of nitrogens with zero attached hydrogens (tertiary/aromatic N) is 3. The number of pyridine rings is 1. The molecule has 0 aliphatic carbocycles. The van der Waals surface area contributed by atoms with Gasteiger partial charge in [0.1, 0.15) is 5.82 Å². The summed E-state index contributed by atoms with van der Waals surface area (Å²) >= 11 is 5.94. The number of amides is 4. The number of hydrogen-bond donors (Lipinski definition) is 2. The van der Waals surface area contributed by atoms with Crippen molar-refractivity contribution in [1.29, 1.82) is 0 Å². The minimum Gasteiger partial charge on any atom is -0.326 e. The third-order valence-electron chi connectivity index (χ3n) is 7.06. The number of aromatic nitrogens is 1. The van der Waals surface area contributed by atoms with Crippen molar-refractivity contribution in [3.05, 3.63) is 88.1 Å². The highest BCUT2D eigenvalue weighted by Gasteiger charge is 2.44. The van der Waals surface area contributed by atoms with Crippen molar-refractivity contribution in [3.63, 3.8) is 0 Å². The van der Waals surface area contributed by atoms with Crippen LogP contribution in [0.4, 0.5) is 20.6 Å². The predicted octanol–water partition coefficient (Wildman–Crippen LogP) is 3.97. The summed E-state index contributed by atoms with van der Waals surface area (Å²) in [6.45, 7) is 1.36. The number of likely N-dealkylation sites (tertiary alicyclic amines) is 2. The topological polar surface area (TPSA) is 104 Å². The largest absolute Gasteiger partial charge is 0.326 e. The number of nitrogens with one attached hydrogen (secondary N) is 2. The highest BCUT2D eigenvalue weighted by Crippen LogP contribution is 2.29. The summed E-state index contributed by atoms with van der Waals surface area (Å²) in [5.74, 6) is -3.49. The van der Waals surface area contributed by atoms with Crippen LogP contribution in [0.25, 0.3) is 5.69 Å². The SMILES string of the molecule is O=C(Nc1ccc(Cl)cc1)[C@H]1CN(C(=O)N2CCCC2)C[C@@H]1C(=O)Nc1ccc(-n2ccccc2=O)cc1F. The van der Waals surface area contributed by atoms with Crippen LogP contribution in [0.5, 0.6) is 0 Å². The minimum atomic E-state index is -0.903. The van der Waals surface area contributed by atoms with Crippen LogP contribution >= 0.6 is 11.6 Å². The molecule has 0 radical (unpaired) electrons. The first-order valence-corrected chi connectivity index (χ1v) is 13.1. The van der Waals surface area contributed by atoms with Crippen LogP contribution in [-0.4, -0.2) is 58.4 Å². The molecule has 4 amide bonds. The third kappa shape index (κ3) is 5.80. The molecule has 3 aromatic rings. The van der Waals surface area contributed by atoms with Gasteiger partial charge in [0.2, 0.25) is 11.8 Å². The first-order valence-electron chi connectivity index (χ1n) is 12.7. The van der Waals surface area contributed by atoms with Crippen molar-refractivity contribution in [2.45, 2.75) is 12.8 Å². The van der Waals surface area contributed by atoms with Gasteiger partial charge in [0.25, 0.3) is 5.56 Å². The van der Waals surface area contributed by atoms with Crippen molar-refractivity contribution in [2.24, 2.45) is 11.8 Å². The van der Waals surface area contributed by atoms with Crippen molar-refractivity contribution >= 4 is 40.8 Å². The summed E-state index contributed by atoms with van der Waals surface area (Å²) in [5, 5.41) is 5.89. The van der Waals surface area contributed by atoms with Crippen molar-refractivity contribution in [3.8, 4) is 5.69 Å². The lowest BCUT2D eigenvalue weighted by molar-refractivity contribution is -0.127. The number of hydrogen-bond acceptors (Lipinski definition) is 4. The van der Waals surface area contributed by atoms with E-state index in [-0.39, 0.29) is 30.4 Å². The molecule has 0 saturated carbocycles. The molecule has 2 N–H and O–H groups in total. The molecule has 5 rings (SSSR count). The molecule has 3 heterocycles. The molecule has 2 aliphatic heterocycles. The van der Waals surface area contributed by atoms with Crippen LogP contribution in [-0.2, 0) is 9.59 Å². The summed E-state index contributed by atoms with van der Waals surface area (Å²) in [5.41, 5.74) is 0.399. The van der Waals surface area contributed by atoms with E-state index in [4.69, 9.17) is 11.6 Å². The maximum absolute atomic E-state index is 15.0. The number of carbonyl (C=O) groups is 3. The number of anilines is 2. The summed E-state index contributed by atoms with van der Waals surface area (Å²) in [6, 6.07) is 15.0. The zero-order chi connectivity index (χ0) is 27.5. The number of halogens is 2. The maximum atomic E-state index is 15.0. The van der Waals surface area contributed by atoms with E-state index < -0.39 is 29.5 Å². The van der Waals surface area contributed by atoms with Crippen LogP contribution < -0.4 is 16.2 Å². The summed E-state index contributed by atoms with van der Waals surface area (Å²) in [4.78, 5) is 55.1. The monoisotopic (exact) mass is 551 g/mol. The van der Waals surface area contributed by atoms with Crippen LogP contribution in [0.3, 0.4) is 0 Å². The lowest BCUT2D eigenvalue weighted by atomic mass is 9.94. The predicted molar refractivity (Wildman–Crippen MR) is 145 cm³/mol. The highest BCUT2D eigenvalue weighted by atomic mass is 35.5. The van der Waals surface area contributed by atoms with Gasteiger partial charge < -0.3 is 20.4 Å². The van der Waals surface area contributed by atoms with E-state index in [0.717, 1.165) is 18.9 Å². The molecular weight excluding hydrogens is 525 g/mol. The molecule has 2 aromatic carbocycles. The van der Waals surface area contributed by atoms with Gasteiger partial charge in [-0.05, 0) is 55.3 Å². The number of carbonyl (C=O) groups excluding carboxylic acids is 3. The Hall–Kier alpha value is -4.18. The van der Waals surface area contributed by atoms with Crippen LogP contribution in [0, 0.1) is 17.7 Å². The fourth-order valence-corrected chi connectivity index (χ4v) is 5.12. The maximum Gasteiger partial charge on any atom is 0.320 e. The van der Waals surface area contributed by atoms with E-state index in [0.29, 0.717) is 29.5 Å². The summed E-state index contributed by atoms with van der Waals surface area (Å²) < 4.78 is 16.3. The Kier molecular flexibility index (Phi) is 7.65. The molecule has 2 atom stereocenters. The first-order chi connectivity index (χ1) is 18.8. The van der Waals surface area contributed by atoms with E-state index in [1.165, 1.54) is 33.9 Å². The van der Waals surface area contributed by atoms with Gasteiger partial charge in [-0.3, -0.25) is 19.0 Å². The molecule has 2 aliphatic rings. The second-order valence-electron chi connectivity index (χ2n) is 9.65. The normalized spacial score (nSPS) is 18.7. The molecule has 11 heteroatoms. The van der Waals surface area contributed by atoms with E-state index in [9.17, 15) is 19.2 Å². The average molecular weight is 552 g/mol. The molecule has 0 unspecified atom stereocenters. The first kappa shape index (κ1) is 26.4. The number of rotatable bonds is 5. The quantitative estimate of drug-likeness (QED) is 0.501. The molecule has 9 nitrogen and oxygen atoms in total. The van der Waals surface area contributed by atoms with E-state index >= 15 is 4.39 Å². The highest BCUT2D eigenvalue weighted by molar-refractivity contribution is 6.30. The Morgan fingerprint density at radius 2 is 1.51 bits per heavy atom. The molecule has 0 bridgehead atoms. The molecule has 202 valence electrons. The van der Waals surface area contributed by atoms with E-state index in [2.05, 4.69) is 10.6 Å². The number of urea groups is 1. The van der Waals surface area contributed by atoms with Gasteiger partial charge in [0, 0.05) is 55.2 Å². The molecule has 39 heavy (non-hydrogen) atoms. The molecular formula is C28H27ClFN5O4. The van der Waals surface area contributed by atoms with Crippen molar-refractivity contribution in [1.82, 2.24) is 14.4 Å². The van der Waals surface area contributed by atoms with Gasteiger partial charge in [-0.15, -0.1) is 0 Å². The van der Waals surface area contributed by atoms with Crippen molar-refractivity contribution in [2.75, 3.05) is 36.8 Å². The van der Waals surface area contributed by atoms with Gasteiger partial charge in [0.05, 0.1) is 23.2 Å². The second-order valence-corrected chi connectivity index (χ2v) is 10.1. The second kappa shape index (κ2) is 11.3. The van der Waals surface area contributed by atoms with Gasteiger partial charge in [0.15, 0.2) is 0 Å². The van der Waals surface area contributed by atoms with Gasteiger partial charge >= 0.3 is 6.03 Å². The molecule has 2 saturated heterocycles. The minimum absolute atomic E-state index is 0.0268. The number of benzene rings is 2. The van der Waals surface area contributed by atoms with Gasteiger partial charge in [-0.25, -0.2) is 9.18 Å². The lowest BCUT2D eigenvalue weighted by Crippen LogP contribution is -2.41. The Balaban J connectivity index is 1.35. The molecule has 2 fully saturated rings. The molecule has 0 spiro atoms. The fraction of sp³-hybridized carbons (Fsp3) is 0.286. The zero-order valence-corrected chi connectivity index (χ0v) is 21.7. The van der Waals surface area contributed by atoms with Crippen LogP contribution in [0.1, 0.15) is 12.8 Å². The fourth-order valence-electron chi connectivity index (χ4n) is 4.99. The Bertz CT molecular complexity index is 1450.